The second kappa shape index (κ2) is 7.60. The standard InChI is InChI=1S/C4H10NO5P.K/c1-10-4(6)2-5-3-11(7,8)9;/h5H,2-3H2,1H3,(H2,7,8,9);. The first-order chi connectivity index (χ1) is 4.95. The predicted octanol–water partition coefficient (Wildman–Crippen LogP) is -1.50. The van der Waals surface area contributed by atoms with Crippen LogP contribution >= 0.6 is 7.60 Å². The molecule has 8 heteroatoms. The Balaban J connectivity index is 0. The first-order valence-electron chi connectivity index (χ1n) is 2.78. The molecule has 12 heavy (non-hydrogen) atoms. The van der Waals surface area contributed by atoms with Crippen molar-refractivity contribution in [2.24, 2.45) is 0 Å². The molecule has 0 aromatic carbocycles. The molecule has 1 radical (unpaired) electrons. The Bertz CT molecular complexity index is 180. The van der Waals surface area contributed by atoms with Crippen LogP contribution in [0, 0.1) is 0 Å². The molecule has 0 spiro atoms. The van der Waals surface area contributed by atoms with Gasteiger partial charge in [-0.1, -0.05) is 0 Å². The van der Waals surface area contributed by atoms with Gasteiger partial charge in [0.15, 0.2) is 0 Å². The quantitative estimate of drug-likeness (QED) is 0.304. The van der Waals surface area contributed by atoms with E-state index in [1.54, 1.807) is 0 Å². The van der Waals surface area contributed by atoms with E-state index in [1.165, 1.54) is 7.11 Å². The van der Waals surface area contributed by atoms with E-state index in [1.807, 2.05) is 0 Å². The van der Waals surface area contributed by atoms with Gasteiger partial charge in [0, 0.05) is 51.4 Å². The molecule has 0 aromatic heterocycles. The van der Waals surface area contributed by atoms with Crippen molar-refractivity contribution in [3.63, 3.8) is 0 Å². The summed E-state index contributed by atoms with van der Waals surface area (Å²) in [6.07, 6.45) is -0.512. The van der Waals surface area contributed by atoms with Crippen LogP contribution in [-0.2, 0) is 14.1 Å². The largest absolute Gasteiger partial charge is 0.468 e. The SMILES string of the molecule is COC(=O)CNCP(=O)(O)O.[K]. The monoisotopic (exact) mass is 222 g/mol. The minimum absolute atomic E-state index is 0. The molecule has 67 valence electrons. The first-order valence-corrected chi connectivity index (χ1v) is 4.57. The van der Waals surface area contributed by atoms with Gasteiger partial charge >= 0.3 is 13.6 Å². The molecule has 0 aliphatic carbocycles. The molecule has 0 atom stereocenters. The maximum Gasteiger partial charge on any atom is 0.339 e. The van der Waals surface area contributed by atoms with Crippen molar-refractivity contribution in [3.8, 4) is 0 Å². The summed E-state index contributed by atoms with van der Waals surface area (Å²) in [5.74, 6) is -0.557. The number of carbonyl (C=O) groups is 1. The molecule has 0 bridgehead atoms. The fourth-order valence-electron chi connectivity index (χ4n) is 0.376. The molecule has 0 aromatic rings. The van der Waals surface area contributed by atoms with Gasteiger partial charge in [-0.15, -0.1) is 0 Å². The van der Waals surface area contributed by atoms with Crippen molar-refractivity contribution >= 4 is 64.9 Å². The third kappa shape index (κ3) is 11.2. The maximum atomic E-state index is 10.4. The molecule has 3 N–H and O–H groups in total. The van der Waals surface area contributed by atoms with E-state index in [4.69, 9.17) is 9.79 Å². The zero-order chi connectivity index (χ0) is 8.91. The van der Waals surface area contributed by atoms with Gasteiger partial charge in [0.2, 0.25) is 0 Å². The van der Waals surface area contributed by atoms with Crippen LogP contribution in [0.3, 0.4) is 0 Å². The molecule has 0 aliphatic heterocycles. The second-order valence-corrected chi connectivity index (χ2v) is 3.47. The van der Waals surface area contributed by atoms with Gasteiger partial charge in [-0.3, -0.25) is 14.7 Å². The first kappa shape index (κ1) is 15.7. The van der Waals surface area contributed by atoms with Crippen LogP contribution in [0.25, 0.3) is 0 Å². The Hall–Kier alpha value is 1.22. The molecule has 0 saturated heterocycles. The molecule has 0 aliphatic rings. The van der Waals surface area contributed by atoms with Crippen molar-refractivity contribution < 1.29 is 23.9 Å². The summed E-state index contributed by atoms with van der Waals surface area (Å²) in [4.78, 5) is 27.0. The number of ether oxygens (including phenoxy) is 1. The van der Waals surface area contributed by atoms with Gasteiger partial charge in [-0.25, -0.2) is 0 Å². The van der Waals surface area contributed by atoms with Crippen LogP contribution in [0.4, 0.5) is 0 Å². The number of carbonyl (C=O) groups excluding carboxylic acids is 1. The molecular formula is C4H10KNO5P. The van der Waals surface area contributed by atoms with Gasteiger partial charge in [-0.2, -0.15) is 0 Å². The predicted molar refractivity (Wildman–Crippen MR) is 42.7 cm³/mol. The zero-order valence-corrected chi connectivity index (χ0v) is 11.0. The Morgan fingerprint density at radius 1 is 1.58 bits per heavy atom. The van der Waals surface area contributed by atoms with Crippen LogP contribution < -0.4 is 5.32 Å². The summed E-state index contributed by atoms with van der Waals surface area (Å²) in [7, 11) is -2.86. The van der Waals surface area contributed by atoms with Crippen LogP contribution in [-0.4, -0.2) is 87.1 Å². The second-order valence-electron chi connectivity index (χ2n) is 1.83. The van der Waals surface area contributed by atoms with Crippen LogP contribution in [0.5, 0.6) is 0 Å². The summed E-state index contributed by atoms with van der Waals surface area (Å²) in [5.41, 5.74) is 0. The number of esters is 1. The minimum atomic E-state index is -4.05. The molecule has 0 heterocycles. The van der Waals surface area contributed by atoms with Crippen molar-refractivity contribution in [2.45, 2.75) is 0 Å². The van der Waals surface area contributed by atoms with Gasteiger partial charge in [0.05, 0.1) is 19.9 Å². The van der Waals surface area contributed by atoms with E-state index < -0.39 is 19.9 Å². The van der Waals surface area contributed by atoms with E-state index >= 15 is 0 Å². The van der Waals surface area contributed by atoms with Crippen LogP contribution in [0.15, 0.2) is 0 Å². The number of hydrogen-bond donors (Lipinski definition) is 3. The average Bonchev–Trinajstić information content (AvgIpc) is 1.85. The summed E-state index contributed by atoms with van der Waals surface area (Å²) in [5, 5.41) is 2.24. The number of methoxy groups -OCH3 is 1. The van der Waals surface area contributed by atoms with Gasteiger partial charge < -0.3 is 14.5 Å². The Kier molecular flexibility index (Phi) is 9.94. The van der Waals surface area contributed by atoms with E-state index in [0.29, 0.717) is 0 Å². The molecule has 6 nitrogen and oxygen atoms in total. The van der Waals surface area contributed by atoms with Crippen molar-refractivity contribution in [1.82, 2.24) is 5.32 Å². The molecule has 0 unspecified atom stereocenters. The normalized spacial score (nSPS) is 10.2. The summed E-state index contributed by atoms with van der Waals surface area (Å²) in [6.45, 7) is -0.193. The molecule has 0 amide bonds. The van der Waals surface area contributed by atoms with E-state index in [-0.39, 0.29) is 57.9 Å². The summed E-state index contributed by atoms with van der Waals surface area (Å²) >= 11 is 0. The van der Waals surface area contributed by atoms with Crippen molar-refractivity contribution in [3.05, 3.63) is 0 Å². The number of nitrogens with one attached hydrogen (secondary N) is 1. The Morgan fingerprint density at radius 3 is 2.42 bits per heavy atom. The number of rotatable bonds is 4. The maximum absolute atomic E-state index is 10.4. The zero-order valence-electron chi connectivity index (χ0n) is 6.98. The summed E-state index contributed by atoms with van der Waals surface area (Å²) < 4.78 is 14.4. The van der Waals surface area contributed by atoms with Gasteiger partial charge in [0.25, 0.3) is 0 Å². The smallest absolute Gasteiger partial charge is 0.339 e. The Labute approximate surface area is 113 Å². The third-order valence-electron chi connectivity index (χ3n) is 0.815. The number of hydrogen-bond acceptors (Lipinski definition) is 4. The van der Waals surface area contributed by atoms with E-state index in [0.717, 1.165) is 0 Å². The molecule has 0 fully saturated rings. The van der Waals surface area contributed by atoms with E-state index in [9.17, 15) is 9.36 Å². The van der Waals surface area contributed by atoms with Crippen molar-refractivity contribution in [1.29, 1.82) is 0 Å². The third-order valence-corrected chi connectivity index (χ3v) is 1.45. The van der Waals surface area contributed by atoms with Gasteiger partial charge in [0.1, 0.15) is 0 Å². The minimum Gasteiger partial charge on any atom is -0.468 e. The summed E-state index contributed by atoms with van der Waals surface area (Å²) in [6, 6.07) is 0. The molecular weight excluding hydrogens is 212 g/mol. The topological polar surface area (TPSA) is 95.9 Å². The van der Waals surface area contributed by atoms with Crippen LogP contribution in [0.2, 0.25) is 0 Å². The fourth-order valence-corrected chi connectivity index (χ4v) is 0.779. The Morgan fingerprint density at radius 2 is 2.08 bits per heavy atom. The molecule has 0 saturated carbocycles. The van der Waals surface area contributed by atoms with Crippen LogP contribution in [0.1, 0.15) is 0 Å². The van der Waals surface area contributed by atoms with Gasteiger partial charge in [-0.05, 0) is 0 Å². The van der Waals surface area contributed by atoms with Crippen molar-refractivity contribution in [2.75, 3.05) is 19.9 Å². The van der Waals surface area contributed by atoms with E-state index in [2.05, 4.69) is 10.1 Å². The average molecular weight is 222 g/mol. The fraction of sp³-hybridized carbons (Fsp3) is 0.750. The molecule has 0 rings (SSSR count).